The Balaban J connectivity index is 1.65. The molecule has 0 heterocycles. The summed E-state index contributed by atoms with van der Waals surface area (Å²) < 4.78 is 0. The Hall–Kier alpha value is -5.38. The van der Waals surface area contributed by atoms with Crippen LogP contribution in [0.1, 0.15) is 111 Å². The molecule has 0 nitrogen and oxygen atoms in total. The molecule has 0 aliphatic rings. The normalized spacial score (nSPS) is 13.3. The van der Waals surface area contributed by atoms with Crippen molar-refractivity contribution in [3.63, 3.8) is 0 Å². The maximum atomic E-state index is 6.24. The molecule has 9 rings (SSSR count). The summed E-state index contributed by atoms with van der Waals surface area (Å²) in [4.78, 5) is 0. The lowest BCUT2D eigenvalue weighted by Gasteiger charge is -2.28. The molecular formula is C56H54. The van der Waals surface area contributed by atoms with Crippen LogP contribution < -0.4 is 0 Å². The van der Waals surface area contributed by atoms with Gasteiger partial charge in [-0.3, -0.25) is 0 Å². The SMILES string of the molecule is C#Cc1ccc2c3c(-c4cc(C(C)(C)C)cc(C(C)(C)C)c4)c4c5cccc6cccc(c4c(-c4cc(C(C)(C)C)cc(C(C)(C)C)c4)c3c3cccc1c32)c65. The van der Waals surface area contributed by atoms with Gasteiger partial charge in [-0.2, -0.15) is 0 Å². The summed E-state index contributed by atoms with van der Waals surface area (Å²) in [7, 11) is 0. The Labute approximate surface area is 333 Å². The molecule has 0 atom stereocenters. The molecule has 0 N–H and O–H groups in total. The van der Waals surface area contributed by atoms with Gasteiger partial charge in [-0.1, -0.05) is 186 Å². The minimum atomic E-state index is -0.0350. The quantitative estimate of drug-likeness (QED) is 0.156. The van der Waals surface area contributed by atoms with Gasteiger partial charge in [0.1, 0.15) is 0 Å². The summed E-state index contributed by atoms with van der Waals surface area (Å²) in [6.07, 6.45) is 6.24. The standard InChI is InChI=1S/C56H54/c1-14-32-24-25-44-48-40(32)20-17-23-43(48)51-46(34-26-36(53(2,3)4)30-37(27-34)54(5,6)7)49-41-21-15-18-33-19-16-22-42(45(33)41)50(49)47(52(44)51)35-28-38(55(8,9)10)31-39(29-35)56(11,12)13/h1,15-31H,2-13H3. The molecule has 0 saturated carbocycles. The van der Waals surface area contributed by atoms with E-state index in [1.54, 1.807) is 0 Å². The highest BCUT2D eigenvalue weighted by Gasteiger charge is 2.31. The van der Waals surface area contributed by atoms with E-state index in [2.05, 4.69) is 192 Å². The van der Waals surface area contributed by atoms with E-state index in [1.165, 1.54) is 104 Å². The van der Waals surface area contributed by atoms with E-state index in [9.17, 15) is 0 Å². The predicted octanol–water partition coefficient (Wildman–Crippen LogP) is 16.0. The van der Waals surface area contributed by atoms with Crippen LogP contribution in [0.4, 0.5) is 0 Å². The number of terminal acetylenes is 1. The molecule has 0 aromatic heterocycles. The zero-order valence-electron chi connectivity index (χ0n) is 35.4. The van der Waals surface area contributed by atoms with Gasteiger partial charge >= 0.3 is 0 Å². The highest BCUT2D eigenvalue weighted by atomic mass is 14.3. The third-order valence-electron chi connectivity index (χ3n) is 12.6. The number of hydrogen-bond acceptors (Lipinski definition) is 0. The minimum absolute atomic E-state index is 0.0350. The lowest BCUT2D eigenvalue weighted by atomic mass is 9.76. The molecule has 56 heavy (non-hydrogen) atoms. The monoisotopic (exact) mass is 726 g/mol. The summed E-state index contributed by atoms with van der Waals surface area (Å²) in [6.45, 7) is 28.2. The van der Waals surface area contributed by atoms with Gasteiger partial charge in [-0.05, 0) is 137 Å². The van der Waals surface area contributed by atoms with Crippen molar-refractivity contribution in [2.24, 2.45) is 0 Å². The van der Waals surface area contributed by atoms with Gasteiger partial charge in [0.25, 0.3) is 0 Å². The summed E-state index contributed by atoms with van der Waals surface area (Å²) in [5.41, 5.74) is 11.5. The van der Waals surface area contributed by atoms with E-state index in [-0.39, 0.29) is 21.7 Å². The second-order valence-corrected chi connectivity index (χ2v) is 20.6. The van der Waals surface area contributed by atoms with E-state index >= 15 is 0 Å². The van der Waals surface area contributed by atoms with E-state index in [0.717, 1.165) is 10.9 Å². The van der Waals surface area contributed by atoms with Gasteiger partial charge in [-0.15, -0.1) is 6.42 Å². The van der Waals surface area contributed by atoms with Crippen molar-refractivity contribution in [2.45, 2.75) is 105 Å². The molecule has 0 amide bonds. The highest BCUT2D eigenvalue weighted by Crippen LogP contribution is 2.56. The molecule has 0 aliphatic carbocycles. The van der Waals surface area contributed by atoms with Crippen LogP contribution in [0.2, 0.25) is 0 Å². The predicted molar refractivity (Wildman–Crippen MR) is 247 cm³/mol. The summed E-state index contributed by atoms with van der Waals surface area (Å²) in [5, 5.41) is 15.6. The first-order valence-electron chi connectivity index (χ1n) is 20.4. The fourth-order valence-corrected chi connectivity index (χ4v) is 9.39. The number of hydrogen-bond donors (Lipinski definition) is 0. The summed E-state index contributed by atoms with van der Waals surface area (Å²) in [6, 6.07) is 40.0. The molecule has 278 valence electrons. The van der Waals surface area contributed by atoms with Crippen molar-refractivity contribution in [3.05, 3.63) is 131 Å². The zero-order valence-corrected chi connectivity index (χ0v) is 35.4. The highest BCUT2D eigenvalue weighted by molar-refractivity contribution is 6.46. The molecule has 9 aromatic carbocycles. The molecule has 9 aromatic rings. The van der Waals surface area contributed by atoms with E-state index < -0.39 is 0 Å². The van der Waals surface area contributed by atoms with Gasteiger partial charge < -0.3 is 0 Å². The van der Waals surface area contributed by atoms with Crippen molar-refractivity contribution in [2.75, 3.05) is 0 Å². The van der Waals surface area contributed by atoms with Gasteiger partial charge in [0.15, 0.2) is 0 Å². The van der Waals surface area contributed by atoms with E-state index in [4.69, 9.17) is 6.42 Å². The fourth-order valence-electron chi connectivity index (χ4n) is 9.39. The van der Waals surface area contributed by atoms with Crippen molar-refractivity contribution in [3.8, 4) is 34.6 Å². The Morgan fingerprint density at radius 2 is 0.696 bits per heavy atom. The zero-order chi connectivity index (χ0) is 39.9. The molecule has 0 heteroatoms. The Bertz CT molecular complexity index is 2860. The van der Waals surface area contributed by atoms with Crippen molar-refractivity contribution >= 4 is 64.6 Å². The van der Waals surface area contributed by atoms with Crippen LogP contribution in [0.5, 0.6) is 0 Å². The minimum Gasteiger partial charge on any atom is -0.115 e. The third-order valence-corrected chi connectivity index (χ3v) is 12.6. The second-order valence-electron chi connectivity index (χ2n) is 20.6. The topological polar surface area (TPSA) is 0 Å². The second kappa shape index (κ2) is 11.8. The van der Waals surface area contributed by atoms with Gasteiger partial charge in [0, 0.05) is 5.56 Å². The molecule has 0 saturated heterocycles. The molecule has 0 bridgehead atoms. The molecule has 0 aliphatic heterocycles. The lowest BCUT2D eigenvalue weighted by molar-refractivity contribution is 0.568. The van der Waals surface area contributed by atoms with Crippen LogP contribution in [0.15, 0.2) is 103 Å². The van der Waals surface area contributed by atoms with Crippen LogP contribution in [0.25, 0.3) is 86.9 Å². The smallest absolute Gasteiger partial charge is 0.0321 e. The maximum absolute atomic E-state index is 6.24. The van der Waals surface area contributed by atoms with Crippen LogP contribution in [-0.2, 0) is 21.7 Å². The van der Waals surface area contributed by atoms with Gasteiger partial charge in [-0.25, -0.2) is 0 Å². The number of fused-ring (bicyclic) bond motifs is 6. The van der Waals surface area contributed by atoms with Crippen LogP contribution in [0.3, 0.4) is 0 Å². The van der Waals surface area contributed by atoms with E-state index in [1.807, 2.05) is 0 Å². The van der Waals surface area contributed by atoms with Crippen LogP contribution >= 0.6 is 0 Å². The average molecular weight is 727 g/mol. The first kappa shape index (κ1) is 36.3. The largest absolute Gasteiger partial charge is 0.115 e. The Kier molecular flexibility index (Phi) is 7.66. The number of benzene rings is 7. The van der Waals surface area contributed by atoms with E-state index in [0.29, 0.717) is 0 Å². The lowest BCUT2D eigenvalue weighted by Crippen LogP contribution is -2.16. The molecule has 0 fully saturated rings. The van der Waals surface area contributed by atoms with Crippen molar-refractivity contribution in [1.82, 2.24) is 0 Å². The summed E-state index contributed by atoms with van der Waals surface area (Å²) >= 11 is 0. The molecular weight excluding hydrogens is 673 g/mol. The van der Waals surface area contributed by atoms with Crippen LogP contribution in [0, 0.1) is 12.3 Å². The van der Waals surface area contributed by atoms with Crippen LogP contribution in [-0.4, -0.2) is 0 Å². The Morgan fingerprint density at radius 3 is 1.07 bits per heavy atom. The third kappa shape index (κ3) is 5.35. The number of rotatable bonds is 2. The van der Waals surface area contributed by atoms with Crippen molar-refractivity contribution < 1.29 is 0 Å². The first-order chi connectivity index (χ1) is 26.3. The molecule has 0 unspecified atom stereocenters. The first-order valence-corrected chi connectivity index (χ1v) is 20.4. The molecule has 0 radical (unpaired) electrons. The average Bonchev–Trinajstić information content (AvgIpc) is 3.64. The van der Waals surface area contributed by atoms with Gasteiger partial charge in [0.2, 0.25) is 0 Å². The summed E-state index contributed by atoms with van der Waals surface area (Å²) in [5.74, 6) is 3.04. The molecule has 0 spiro atoms. The maximum Gasteiger partial charge on any atom is 0.0321 e. The van der Waals surface area contributed by atoms with Gasteiger partial charge in [0.05, 0.1) is 0 Å². The Morgan fingerprint density at radius 1 is 0.357 bits per heavy atom. The fraction of sp³-hybridized carbons (Fsp3) is 0.286. The van der Waals surface area contributed by atoms with Crippen molar-refractivity contribution in [1.29, 1.82) is 0 Å².